The number of hydrogen-bond donors (Lipinski definition) is 5. The second kappa shape index (κ2) is 7.68. The molecule has 5 nitrogen and oxygen atoms in total. The Balaban J connectivity index is 1.43. The summed E-state index contributed by atoms with van der Waals surface area (Å²) in [4.78, 5) is 0. The monoisotopic (exact) mass is 492 g/mol. The number of aliphatic hydroxyl groups excluding tert-OH is 4. The van der Waals surface area contributed by atoms with Gasteiger partial charge < -0.3 is 25.5 Å². The predicted octanol–water partition coefficient (Wildman–Crippen LogP) is 4.28. The maximum atomic E-state index is 11.6. The van der Waals surface area contributed by atoms with Crippen molar-refractivity contribution < 1.29 is 25.5 Å². The Hall–Kier alpha value is -0.200. The van der Waals surface area contributed by atoms with E-state index >= 15 is 0 Å². The van der Waals surface area contributed by atoms with E-state index < -0.39 is 17.8 Å². The first kappa shape index (κ1) is 26.4. The molecule has 0 aromatic heterocycles. The van der Waals surface area contributed by atoms with Crippen LogP contribution in [0.2, 0.25) is 0 Å². The van der Waals surface area contributed by atoms with E-state index in [4.69, 9.17) is 0 Å². The zero-order chi connectivity index (χ0) is 26.0. The molecule has 0 bridgehead atoms. The lowest BCUT2D eigenvalue weighted by molar-refractivity contribution is -0.198. The van der Waals surface area contributed by atoms with Crippen LogP contribution in [0.4, 0.5) is 0 Å². The molecule has 5 aliphatic carbocycles. The Morgan fingerprint density at radius 1 is 0.886 bits per heavy atom. The van der Waals surface area contributed by atoms with Crippen LogP contribution < -0.4 is 0 Å². The maximum Gasteiger partial charge on any atom is 0.0849 e. The van der Waals surface area contributed by atoms with Gasteiger partial charge in [-0.3, -0.25) is 0 Å². The zero-order valence-corrected chi connectivity index (χ0v) is 23.2. The fraction of sp³-hybridized carbons (Fsp3) is 1.00. The van der Waals surface area contributed by atoms with Crippen LogP contribution in [-0.2, 0) is 0 Å². The summed E-state index contributed by atoms with van der Waals surface area (Å²) < 4.78 is 0. The van der Waals surface area contributed by atoms with Crippen LogP contribution in [0, 0.1) is 50.7 Å². The molecule has 12 atom stereocenters. The van der Waals surface area contributed by atoms with Gasteiger partial charge in [0.05, 0.1) is 30.0 Å². The fourth-order valence-electron chi connectivity index (χ4n) is 11.5. The summed E-state index contributed by atoms with van der Waals surface area (Å²) in [6.07, 6.45) is 6.35. The first-order valence-electron chi connectivity index (χ1n) is 14.4. The average molecular weight is 493 g/mol. The van der Waals surface area contributed by atoms with Crippen molar-refractivity contribution in [3.05, 3.63) is 0 Å². The molecule has 0 heterocycles. The molecule has 0 radical (unpaired) electrons. The minimum atomic E-state index is -1.11. The van der Waals surface area contributed by atoms with Crippen LogP contribution >= 0.6 is 0 Å². The Bertz CT molecular complexity index is 850. The molecule has 0 aliphatic heterocycles. The van der Waals surface area contributed by atoms with Crippen molar-refractivity contribution in [2.75, 3.05) is 0 Å². The third-order valence-electron chi connectivity index (χ3n) is 13.4. The summed E-state index contributed by atoms with van der Waals surface area (Å²) in [5.74, 6) is 0.973. The summed E-state index contributed by atoms with van der Waals surface area (Å²) in [7, 11) is 0. The lowest BCUT2D eigenvalue weighted by Gasteiger charge is -2.64. The first-order chi connectivity index (χ1) is 16.0. The fourth-order valence-corrected chi connectivity index (χ4v) is 11.5. The van der Waals surface area contributed by atoms with Gasteiger partial charge >= 0.3 is 0 Å². The zero-order valence-electron chi connectivity index (χ0n) is 23.2. The Kier molecular flexibility index (Phi) is 5.80. The highest BCUT2D eigenvalue weighted by molar-refractivity contribution is 5.32. The minimum Gasteiger partial charge on any atom is -0.393 e. The van der Waals surface area contributed by atoms with Crippen molar-refractivity contribution in [1.82, 2.24) is 0 Å². The molecule has 5 aliphatic rings. The molecule has 0 unspecified atom stereocenters. The number of fused-ring (bicyclic) bond motifs is 2. The van der Waals surface area contributed by atoms with Gasteiger partial charge in [-0.25, -0.2) is 0 Å². The second-order valence-corrected chi connectivity index (χ2v) is 15.6. The second-order valence-electron chi connectivity index (χ2n) is 15.6. The van der Waals surface area contributed by atoms with E-state index in [-0.39, 0.29) is 57.0 Å². The molecule has 5 saturated carbocycles. The molecule has 2 spiro atoms. The summed E-state index contributed by atoms with van der Waals surface area (Å²) in [5, 5.41) is 54.7. The molecular formula is C30H52O5. The summed E-state index contributed by atoms with van der Waals surface area (Å²) >= 11 is 0. The van der Waals surface area contributed by atoms with Crippen molar-refractivity contribution in [3.8, 4) is 0 Å². The van der Waals surface area contributed by atoms with Crippen LogP contribution in [0.3, 0.4) is 0 Å². The van der Waals surface area contributed by atoms with Crippen molar-refractivity contribution in [2.45, 2.75) is 136 Å². The van der Waals surface area contributed by atoms with Crippen LogP contribution in [-0.4, -0.2) is 55.5 Å². The molecule has 5 heteroatoms. The van der Waals surface area contributed by atoms with Crippen LogP contribution in [0.15, 0.2) is 0 Å². The van der Waals surface area contributed by atoms with E-state index in [1.807, 2.05) is 0 Å². The smallest absolute Gasteiger partial charge is 0.0849 e. The summed E-state index contributed by atoms with van der Waals surface area (Å²) in [6, 6.07) is 0. The standard InChI is InChI=1S/C30H52O5/c1-17(8-9-22(34)26(4,5)35)23-19(32)15-28(7)20-14-18(31)24-25(2,3)21(33)10-11-30(24)16-29(20,30)13-12-27(23,28)6/h17-24,31-35H,8-16H2,1-7H3/t17-,18+,19+,20+,21+,22-,23+,24+,27-,28+,29+,30-/m1/s1. The topological polar surface area (TPSA) is 101 Å². The third-order valence-corrected chi connectivity index (χ3v) is 13.4. The van der Waals surface area contributed by atoms with Gasteiger partial charge in [0.2, 0.25) is 0 Å². The average Bonchev–Trinajstić information content (AvgIpc) is 3.32. The van der Waals surface area contributed by atoms with Gasteiger partial charge in [-0.1, -0.05) is 34.6 Å². The van der Waals surface area contributed by atoms with Crippen LogP contribution in [0.25, 0.3) is 0 Å². The molecule has 0 amide bonds. The van der Waals surface area contributed by atoms with Gasteiger partial charge in [0.25, 0.3) is 0 Å². The third kappa shape index (κ3) is 3.23. The highest BCUT2D eigenvalue weighted by Gasteiger charge is 2.84. The lowest BCUT2D eigenvalue weighted by Crippen LogP contribution is -2.61. The van der Waals surface area contributed by atoms with E-state index in [1.54, 1.807) is 13.8 Å². The van der Waals surface area contributed by atoms with E-state index in [9.17, 15) is 25.5 Å². The van der Waals surface area contributed by atoms with Crippen molar-refractivity contribution in [1.29, 1.82) is 0 Å². The van der Waals surface area contributed by atoms with E-state index in [1.165, 1.54) is 12.8 Å². The highest BCUT2D eigenvalue weighted by Crippen LogP contribution is 2.89. The molecule has 5 fully saturated rings. The predicted molar refractivity (Wildman–Crippen MR) is 136 cm³/mol. The Morgan fingerprint density at radius 2 is 1.54 bits per heavy atom. The van der Waals surface area contributed by atoms with Crippen molar-refractivity contribution in [2.24, 2.45) is 50.7 Å². The van der Waals surface area contributed by atoms with Gasteiger partial charge in [-0.05, 0) is 122 Å². The minimum absolute atomic E-state index is 0.0124. The highest BCUT2D eigenvalue weighted by atomic mass is 16.3. The molecule has 0 aromatic rings. The molecule has 5 N–H and O–H groups in total. The number of aliphatic hydroxyl groups is 5. The van der Waals surface area contributed by atoms with Gasteiger partial charge in [0.15, 0.2) is 0 Å². The van der Waals surface area contributed by atoms with Gasteiger partial charge in [0, 0.05) is 0 Å². The van der Waals surface area contributed by atoms with E-state index in [0.717, 1.165) is 38.5 Å². The maximum absolute atomic E-state index is 11.6. The number of hydrogen-bond acceptors (Lipinski definition) is 5. The molecule has 35 heavy (non-hydrogen) atoms. The summed E-state index contributed by atoms with van der Waals surface area (Å²) in [5.41, 5.74) is -1.03. The van der Waals surface area contributed by atoms with Gasteiger partial charge in [-0.15, -0.1) is 0 Å². The quantitative estimate of drug-likeness (QED) is 0.394. The molecule has 0 saturated heterocycles. The van der Waals surface area contributed by atoms with E-state index in [2.05, 4.69) is 34.6 Å². The number of rotatable bonds is 5. The largest absolute Gasteiger partial charge is 0.393 e. The summed E-state index contributed by atoms with van der Waals surface area (Å²) in [6.45, 7) is 14.7. The first-order valence-corrected chi connectivity index (χ1v) is 14.4. The Morgan fingerprint density at radius 3 is 2.17 bits per heavy atom. The normalized spacial score (nSPS) is 54.2. The molecular weight excluding hydrogens is 440 g/mol. The molecule has 202 valence electrons. The van der Waals surface area contributed by atoms with Crippen molar-refractivity contribution in [3.63, 3.8) is 0 Å². The van der Waals surface area contributed by atoms with Crippen molar-refractivity contribution >= 4 is 0 Å². The Labute approximate surface area is 212 Å². The van der Waals surface area contributed by atoms with E-state index in [0.29, 0.717) is 12.3 Å². The van der Waals surface area contributed by atoms with Crippen LogP contribution in [0.1, 0.15) is 106 Å². The van der Waals surface area contributed by atoms with Gasteiger partial charge in [0.1, 0.15) is 0 Å². The molecule has 0 aromatic carbocycles. The lowest BCUT2D eigenvalue weighted by atomic mass is 9.41. The van der Waals surface area contributed by atoms with Gasteiger partial charge in [-0.2, -0.15) is 0 Å². The SMILES string of the molecule is C[C@H](CC[C@@H](O)C(C)(C)O)[C@H]1[C@@H](O)C[C@@]2(C)[C@@H]3C[C@H](O)[C@H]4C(C)(C)[C@@H](O)CC[C@@]45C[C@@]35CC[C@]12C. The van der Waals surface area contributed by atoms with Crippen LogP contribution in [0.5, 0.6) is 0 Å². The molecule has 5 rings (SSSR count).